The zero-order valence-electron chi connectivity index (χ0n) is 12.5. The van der Waals surface area contributed by atoms with Crippen LogP contribution in [0.5, 0.6) is 0 Å². The predicted molar refractivity (Wildman–Crippen MR) is 85.9 cm³/mol. The molecule has 0 spiro atoms. The van der Waals surface area contributed by atoms with Crippen LogP contribution < -0.4 is 5.32 Å². The molecule has 0 aromatic carbocycles. The molecule has 0 radical (unpaired) electrons. The summed E-state index contributed by atoms with van der Waals surface area (Å²) in [6.45, 7) is 1.57. The van der Waals surface area contributed by atoms with E-state index in [0.29, 0.717) is 10.9 Å². The molecule has 8 heteroatoms. The van der Waals surface area contributed by atoms with E-state index < -0.39 is 11.9 Å². The second-order valence-electron chi connectivity index (χ2n) is 5.19. The SMILES string of the molecule is Cc1cc(C(F)(F)F)nc2nc(NC(=O)Cc3cccs3)ccc12. The number of rotatable bonds is 3. The number of anilines is 1. The van der Waals surface area contributed by atoms with Crippen molar-refractivity contribution in [2.75, 3.05) is 5.32 Å². The number of hydrogen-bond donors (Lipinski definition) is 1. The van der Waals surface area contributed by atoms with E-state index in [1.165, 1.54) is 11.3 Å². The van der Waals surface area contributed by atoms with E-state index in [1.807, 2.05) is 17.5 Å². The van der Waals surface area contributed by atoms with E-state index in [2.05, 4.69) is 15.3 Å². The van der Waals surface area contributed by atoms with Gasteiger partial charge in [0.05, 0.1) is 6.42 Å². The maximum absolute atomic E-state index is 12.9. The van der Waals surface area contributed by atoms with Crippen LogP contribution in [0.3, 0.4) is 0 Å². The third-order valence-corrected chi connectivity index (χ3v) is 4.23. The standard InChI is InChI=1S/C16H12F3N3OS/c1-9-7-12(16(17,18)19)20-15-11(9)4-5-13(22-15)21-14(23)8-10-3-2-6-24-10/h2-7H,8H2,1H3,(H,20,21,22,23). The topological polar surface area (TPSA) is 54.9 Å². The Balaban J connectivity index is 1.88. The van der Waals surface area contributed by atoms with Gasteiger partial charge in [-0.2, -0.15) is 13.2 Å². The molecule has 1 amide bonds. The lowest BCUT2D eigenvalue weighted by molar-refractivity contribution is -0.141. The molecule has 4 nitrogen and oxygen atoms in total. The van der Waals surface area contributed by atoms with Crippen LogP contribution in [0.25, 0.3) is 11.0 Å². The highest BCUT2D eigenvalue weighted by molar-refractivity contribution is 7.10. The summed E-state index contributed by atoms with van der Waals surface area (Å²) in [5.74, 6) is -0.108. The molecule has 3 rings (SSSR count). The number of alkyl halides is 3. The molecule has 0 aliphatic carbocycles. The maximum atomic E-state index is 12.9. The van der Waals surface area contributed by atoms with E-state index in [0.717, 1.165) is 10.9 Å². The fourth-order valence-corrected chi connectivity index (χ4v) is 2.95. The summed E-state index contributed by atoms with van der Waals surface area (Å²) in [7, 11) is 0. The smallest absolute Gasteiger partial charge is 0.310 e. The molecule has 0 saturated carbocycles. The second kappa shape index (κ2) is 6.20. The fourth-order valence-electron chi connectivity index (χ4n) is 2.24. The Morgan fingerprint density at radius 1 is 1.25 bits per heavy atom. The summed E-state index contributed by atoms with van der Waals surface area (Å²) in [4.78, 5) is 20.5. The lowest BCUT2D eigenvalue weighted by Gasteiger charge is -2.10. The van der Waals surface area contributed by atoms with Crippen molar-refractivity contribution in [1.29, 1.82) is 0 Å². The van der Waals surface area contributed by atoms with Gasteiger partial charge in [-0.05, 0) is 42.1 Å². The van der Waals surface area contributed by atoms with Gasteiger partial charge in [-0.15, -0.1) is 11.3 Å². The van der Waals surface area contributed by atoms with E-state index in [1.54, 1.807) is 19.1 Å². The van der Waals surface area contributed by atoms with Crippen molar-refractivity contribution in [1.82, 2.24) is 9.97 Å². The summed E-state index contributed by atoms with van der Waals surface area (Å²) in [5.41, 5.74) is -0.616. The van der Waals surface area contributed by atoms with Crippen molar-refractivity contribution in [2.45, 2.75) is 19.5 Å². The first-order valence-corrected chi connectivity index (χ1v) is 7.89. The largest absolute Gasteiger partial charge is 0.433 e. The number of carbonyl (C=O) groups excluding carboxylic acids is 1. The van der Waals surface area contributed by atoms with Gasteiger partial charge in [0.15, 0.2) is 5.65 Å². The normalized spacial score (nSPS) is 11.7. The van der Waals surface area contributed by atoms with E-state index in [9.17, 15) is 18.0 Å². The molecular weight excluding hydrogens is 339 g/mol. The summed E-state index contributed by atoms with van der Waals surface area (Å²) in [5, 5.41) is 4.96. The Kier molecular flexibility index (Phi) is 4.23. The van der Waals surface area contributed by atoms with Gasteiger partial charge in [0.25, 0.3) is 0 Å². The van der Waals surface area contributed by atoms with Gasteiger partial charge in [0.1, 0.15) is 11.5 Å². The van der Waals surface area contributed by atoms with E-state index in [4.69, 9.17) is 0 Å². The molecule has 0 fully saturated rings. The third-order valence-electron chi connectivity index (χ3n) is 3.35. The first-order chi connectivity index (χ1) is 11.3. The predicted octanol–water partition coefficient (Wildman–Crippen LogP) is 4.20. The first-order valence-electron chi connectivity index (χ1n) is 7.01. The lowest BCUT2D eigenvalue weighted by Crippen LogP contribution is -2.15. The minimum Gasteiger partial charge on any atom is -0.310 e. The van der Waals surface area contributed by atoms with Crippen molar-refractivity contribution < 1.29 is 18.0 Å². The summed E-state index contributed by atoms with van der Waals surface area (Å²) in [6.07, 6.45) is -4.36. The van der Waals surface area contributed by atoms with Gasteiger partial charge in [-0.25, -0.2) is 9.97 Å². The Morgan fingerprint density at radius 3 is 2.71 bits per heavy atom. The average Bonchev–Trinajstić information content (AvgIpc) is 2.98. The Labute approximate surface area is 139 Å². The third kappa shape index (κ3) is 3.53. The van der Waals surface area contributed by atoms with Crippen molar-refractivity contribution in [3.8, 4) is 0 Å². The quantitative estimate of drug-likeness (QED) is 0.769. The molecule has 1 N–H and O–H groups in total. The van der Waals surface area contributed by atoms with Crippen LogP contribution in [0.15, 0.2) is 35.7 Å². The minimum absolute atomic E-state index is 0.0451. The monoisotopic (exact) mass is 351 g/mol. The van der Waals surface area contributed by atoms with Crippen molar-refractivity contribution in [2.24, 2.45) is 0 Å². The molecule has 0 saturated heterocycles. The maximum Gasteiger partial charge on any atom is 0.433 e. The van der Waals surface area contributed by atoms with Crippen LogP contribution in [-0.2, 0) is 17.4 Å². The molecule has 3 aromatic rings. The molecule has 0 aliphatic rings. The van der Waals surface area contributed by atoms with Crippen LogP contribution in [0.2, 0.25) is 0 Å². The van der Waals surface area contributed by atoms with Crippen LogP contribution in [0.1, 0.15) is 16.1 Å². The molecule has 0 unspecified atom stereocenters. The second-order valence-corrected chi connectivity index (χ2v) is 6.23. The molecule has 124 valence electrons. The Morgan fingerprint density at radius 2 is 2.04 bits per heavy atom. The first kappa shape index (κ1) is 16.4. The highest BCUT2D eigenvalue weighted by atomic mass is 32.1. The Bertz CT molecular complexity index is 891. The number of aryl methyl sites for hydroxylation is 1. The van der Waals surface area contributed by atoms with Gasteiger partial charge < -0.3 is 5.32 Å². The van der Waals surface area contributed by atoms with Gasteiger partial charge in [0.2, 0.25) is 5.91 Å². The van der Waals surface area contributed by atoms with E-state index >= 15 is 0 Å². The highest BCUT2D eigenvalue weighted by Crippen LogP contribution is 2.30. The summed E-state index contributed by atoms with van der Waals surface area (Å²) < 4.78 is 38.6. The van der Waals surface area contributed by atoms with Crippen molar-refractivity contribution in [3.63, 3.8) is 0 Å². The molecule has 0 aliphatic heterocycles. The molecule has 3 heterocycles. The molecule has 0 bridgehead atoms. The minimum atomic E-state index is -4.54. The van der Waals surface area contributed by atoms with Gasteiger partial charge in [-0.1, -0.05) is 6.07 Å². The highest BCUT2D eigenvalue weighted by Gasteiger charge is 2.33. The van der Waals surface area contributed by atoms with Gasteiger partial charge >= 0.3 is 6.18 Å². The molecule has 24 heavy (non-hydrogen) atoms. The number of hydrogen-bond acceptors (Lipinski definition) is 4. The number of amides is 1. The summed E-state index contributed by atoms with van der Waals surface area (Å²) >= 11 is 1.45. The van der Waals surface area contributed by atoms with E-state index in [-0.39, 0.29) is 23.8 Å². The zero-order chi connectivity index (χ0) is 17.3. The van der Waals surface area contributed by atoms with Crippen molar-refractivity contribution >= 4 is 34.1 Å². The Hall–Kier alpha value is -2.48. The zero-order valence-corrected chi connectivity index (χ0v) is 13.3. The molecule has 3 aromatic heterocycles. The fraction of sp³-hybridized carbons (Fsp3) is 0.188. The number of pyridine rings is 2. The van der Waals surface area contributed by atoms with Crippen molar-refractivity contribution in [3.05, 3.63) is 51.8 Å². The number of fused-ring (bicyclic) bond motifs is 1. The number of carbonyl (C=O) groups is 1. The number of nitrogens with one attached hydrogen (secondary N) is 1. The van der Waals surface area contributed by atoms with Crippen LogP contribution in [0, 0.1) is 6.92 Å². The number of aromatic nitrogens is 2. The number of nitrogens with zero attached hydrogens (tertiary/aromatic N) is 2. The number of halogens is 3. The van der Waals surface area contributed by atoms with Gasteiger partial charge in [0, 0.05) is 10.3 Å². The van der Waals surface area contributed by atoms with Crippen LogP contribution in [-0.4, -0.2) is 15.9 Å². The average molecular weight is 351 g/mol. The molecule has 0 atom stereocenters. The number of thiophene rings is 1. The van der Waals surface area contributed by atoms with Crippen LogP contribution in [0.4, 0.5) is 19.0 Å². The lowest BCUT2D eigenvalue weighted by atomic mass is 10.1. The molecular formula is C16H12F3N3OS. The van der Waals surface area contributed by atoms with Gasteiger partial charge in [-0.3, -0.25) is 4.79 Å². The van der Waals surface area contributed by atoms with Crippen LogP contribution >= 0.6 is 11.3 Å². The summed E-state index contributed by atoms with van der Waals surface area (Å²) in [6, 6.07) is 7.81.